The van der Waals surface area contributed by atoms with Gasteiger partial charge in [0, 0.05) is 6.04 Å². The van der Waals surface area contributed by atoms with Gasteiger partial charge in [0.1, 0.15) is 5.82 Å². The van der Waals surface area contributed by atoms with Gasteiger partial charge in [-0.2, -0.15) is 13.2 Å². The van der Waals surface area contributed by atoms with Crippen LogP contribution in [0.25, 0.3) is 0 Å². The highest BCUT2D eigenvalue weighted by atomic mass is 19.4. The maximum atomic E-state index is 13.4. The largest absolute Gasteiger partial charge is 0.419 e. The minimum atomic E-state index is -4.62. The number of hydrogen-bond acceptors (Lipinski definition) is 1. The monoisotopic (exact) mass is 301 g/mol. The van der Waals surface area contributed by atoms with Crippen LogP contribution in [0.3, 0.4) is 0 Å². The van der Waals surface area contributed by atoms with Gasteiger partial charge in [0.2, 0.25) is 0 Å². The van der Waals surface area contributed by atoms with Crippen molar-refractivity contribution in [1.82, 2.24) is 5.32 Å². The lowest BCUT2D eigenvalue weighted by molar-refractivity contribution is -0.140. The normalized spacial score (nSPS) is 26.3. The summed E-state index contributed by atoms with van der Waals surface area (Å²) in [6.45, 7) is 0.855. The van der Waals surface area contributed by atoms with Crippen molar-refractivity contribution in [2.75, 3.05) is 6.54 Å². The van der Waals surface area contributed by atoms with E-state index in [1.54, 1.807) is 0 Å². The van der Waals surface area contributed by atoms with Gasteiger partial charge in [-0.05, 0) is 61.8 Å². The second kappa shape index (κ2) is 5.59. The first-order valence-electron chi connectivity index (χ1n) is 7.55. The topological polar surface area (TPSA) is 12.0 Å². The Kier molecular flexibility index (Phi) is 3.95. The SMILES string of the molecule is Fc1ccc(C2CCCC2CNC2CC2)cc1C(F)(F)F. The highest BCUT2D eigenvalue weighted by Crippen LogP contribution is 2.42. The Labute approximate surface area is 121 Å². The van der Waals surface area contributed by atoms with Crippen LogP contribution in [0.5, 0.6) is 0 Å². The molecule has 2 aliphatic carbocycles. The Balaban J connectivity index is 1.78. The Morgan fingerprint density at radius 2 is 1.86 bits per heavy atom. The van der Waals surface area contributed by atoms with E-state index in [1.165, 1.54) is 18.9 Å². The molecule has 0 bridgehead atoms. The van der Waals surface area contributed by atoms with Crippen LogP contribution in [-0.2, 0) is 6.18 Å². The smallest absolute Gasteiger partial charge is 0.314 e. The highest BCUT2D eigenvalue weighted by Gasteiger charge is 2.36. The Hall–Kier alpha value is -1.10. The molecule has 2 saturated carbocycles. The molecule has 2 fully saturated rings. The zero-order valence-corrected chi connectivity index (χ0v) is 11.7. The lowest BCUT2D eigenvalue weighted by Gasteiger charge is -2.21. The fourth-order valence-electron chi connectivity index (χ4n) is 3.32. The van der Waals surface area contributed by atoms with Gasteiger partial charge in [-0.3, -0.25) is 0 Å². The first kappa shape index (κ1) is 14.8. The van der Waals surface area contributed by atoms with E-state index in [0.29, 0.717) is 17.5 Å². The zero-order valence-electron chi connectivity index (χ0n) is 11.7. The maximum absolute atomic E-state index is 13.4. The summed E-state index contributed by atoms with van der Waals surface area (Å²) in [6, 6.07) is 4.09. The Bertz CT molecular complexity index is 507. The molecule has 1 aromatic carbocycles. The van der Waals surface area contributed by atoms with Crippen molar-refractivity contribution in [3.63, 3.8) is 0 Å². The molecular formula is C16H19F4N. The van der Waals surface area contributed by atoms with E-state index in [1.807, 2.05) is 0 Å². The molecule has 0 amide bonds. The first-order chi connectivity index (χ1) is 9.95. The average molecular weight is 301 g/mol. The van der Waals surface area contributed by atoms with E-state index in [-0.39, 0.29) is 5.92 Å². The number of benzene rings is 1. The van der Waals surface area contributed by atoms with Gasteiger partial charge in [-0.25, -0.2) is 4.39 Å². The predicted octanol–water partition coefficient (Wildman–Crippen LogP) is 4.48. The van der Waals surface area contributed by atoms with Crippen molar-refractivity contribution in [2.24, 2.45) is 5.92 Å². The molecule has 116 valence electrons. The van der Waals surface area contributed by atoms with Crippen LogP contribution in [0, 0.1) is 11.7 Å². The summed E-state index contributed by atoms with van der Waals surface area (Å²) in [6.07, 6.45) is 0.724. The number of halogens is 4. The molecule has 0 heterocycles. The number of nitrogens with one attached hydrogen (secondary N) is 1. The van der Waals surface area contributed by atoms with E-state index in [2.05, 4.69) is 5.32 Å². The molecule has 0 spiro atoms. The van der Waals surface area contributed by atoms with E-state index in [0.717, 1.165) is 37.9 Å². The van der Waals surface area contributed by atoms with Gasteiger partial charge in [-0.15, -0.1) is 0 Å². The second-order valence-corrected chi connectivity index (χ2v) is 6.22. The lowest BCUT2D eigenvalue weighted by atomic mass is 9.88. The molecule has 0 radical (unpaired) electrons. The number of hydrogen-bond donors (Lipinski definition) is 1. The predicted molar refractivity (Wildman–Crippen MR) is 72.5 cm³/mol. The quantitative estimate of drug-likeness (QED) is 0.809. The van der Waals surface area contributed by atoms with Crippen LogP contribution in [0.2, 0.25) is 0 Å². The molecule has 2 unspecified atom stereocenters. The summed E-state index contributed by atoms with van der Waals surface area (Å²) in [4.78, 5) is 0. The van der Waals surface area contributed by atoms with Gasteiger partial charge in [0.05, 0.1) is 5.56 Å². The van der Waals surface area contributed by atoms with E-state index in [9.17, 15) is 17.6 Å². The van der Waals surface area contributed by atoms with Crippen molar-refractivity contribution in [1.29, 1.82) is 0 Å². The van der Waals surface area contributed by atoms with Crippen molar-refractivity contribution in [2.45, 2.75) is 50.2 Å². The summed E-state index contributed by atoms with van der Waals surface area (Å²) in [7, 11) is 0. The molecular weight excluding hydrogens is 282 g/mol. The first-order valence-corrected chi connectivity index (χ1v) is 7.55. The summed E-state index contributed by atoms with van der Waals surface area (Å²) >= 11 is 0. The fourth-order valence-corrected chi connectivity index (χ4v) is 3.32. The van der Waals surface area contributed by atoms with Crippen molar-refractivity contribution in [3.8, 4) is 0 Å². The molecule has 3 rings (SSSR count). The van der Waals surface area contributed by atoms with Crippen LogP contribution < -0.4 is 5.32 Å². The molecule has 0 saturated heterocycles. The molecule has 2 atom stereocenters. The number of alkyl halides is 3. The number of rotatable bonds is 4. The minimum Gasteiger partial charge on any atom is -0.314 e. The molecule has 1 aromatic rings. The van der Waals surface area contributed by atoms with Gasteiger partial charge < -0.3 is 5.32 Å². The van der Waals surface area contributed by atoms with Crippen LogP contribution in [0.15, 0.2) is 18.2 Å². The minimum absolute atomic E-state index is 0.109. The summed E-state index contributed by atoms with van der Waals surface area (Å²) in [5.74, 6) is -0.716. The Morgan fingerprint density at radius 3 is 2.52 bits per heavy atom. The van der Waals surface area contributed by atoms with Crippen LogP contribution in [-0.4, -0.2) is 12.6 Å². The van der Waals surface area contributed by atoms with Crippen molar-refractivity contribution < 1.29 is 17.6 Å². The van der Waals surface area contributed by atoms with Gasteiger partial charge >= 0.3 is 6.18 Å². The zero-order chi connectivity index (χ0) is 15.0. The molecule has 21 heavy (non-hydrogen) atoms. The fraction of sp³-hybridized carbons (Fsp3) is 0.625. The molecule has 0 aromatic heterocycles. The van der Waals surface area contributed by atoms with Crippen LogP contribution in [0.1, 0.15) is 49.1 Å². The van der Waals surface area contributed by atoms with Gasteiger partial charge in [-0.1, -0.05) is 12.5 Å². The van der Waals surface area contributed by atoms with Crippen molar-refractivity contribution in [3.05, 3.63) is 35.1 Å². The van der Waals surface area contributed by atoms with Crippen LogP contribution in [0.4, 0.5) is 17.6 Å². The van der Waals surface area contributed by atoms with Gasteiger partial charge in [0.25, 0.3) is 0 Å². The molecule has 1 N–H and O–H groups in total. The lowest BCUT2D eigenvalue weighted by Crippen LogP contribution is -2.26. The highest BCUT2D eigenvalue weighted by molar-refractivity contribution is 5.30. The molecule has 2 aliphatic rings. The summed E-state index contributed by atoms with van der Waals surface area (Å²) in [5.41, 5.74) is -0.510. The molecule has 5 heteroatoms. The third-order valence-corrected chi connectivity index (χ3v) is 4.63. The molecule has 0 aliphatic heterocycles. The van der Waals surface area contributed by atoms with E-state index < -0.39 is 17.6 Å². The molecule has 1 nitrogen and oxygen atoms in total. The third-order valence-electron chi connectivity index (χ3n) is 4.63. The second-order valence-electron chi connectivity index (χ2n) is 6.22. The Morgan fingerprint density at radius 1 is 1.10 bits per heavy atom. The summed E-state index contributed by atoms with van der Waals surface area (Å²) < 4.78 is 51.8. The summed E-state index contributed by atoms with van der Waals surface area (Å²) in [5, 5.41) is 3.46. The maximum Gasteiger partial charge on any atom is 0.419 e. The average Bonchev–Trinajstić information content (AvgIpc) is 3.13. The van der Waals surface area contributed by atoms with Crippen molar-refractivity contribution >= 4 is 0 Å². The standard InChI is InChI=1S/C16H19F4N/c17-15-7-4-10(8-14(15)16(18,19)20)13-3-1-2-11(13)9-21-12-5-6-12/h4,7-8,11-13,21H,1-3,5-6,9H2. The van der Waals surface area contributed by atoms with Gasteiger partial charge in [0.15, 0.2) is 0 Å². The van der Waals surface area contributed by atoms with E-state index in [4.69, 9.17) is 0 Å². The third kappa shape index (κ3) is 3.39. The van der Waals surface area contributed by atoms with E-state index >= 15 is 0 Å². The van der Waals surface area contributed by atoms with Crippen LogP contribution >= 0.6 is 0 Å².